The van der Waals surface area contributed by atoms with Gasteiger partial charge in [0.15, 0.2) is 0 Å². The quantitative estimate of drug-likeness (QED) is 0.235. The summed E-state index contributed by atoms with van der Waals surface area (Å²) in [5.74, 6) is 0.995. The fourth-order valence-electron chi connectivity index (χ4n) is 11.8. The number of hydrogen-bond donors (Lipinski definition) is 3. The van der Waals surface area contributed by atoms with Crippen LogP contribution >= 0.6 is 0 Å². The number of carbonyl (C=O) groups excluding carboxylic acids is 4. The molecule has 1 saturated carbocycles. The molecule has 15 nitrogen and oxygen atoms in total. The zero-order valence-corrected chi connectivity index (χ0v) is 38.5. The molecule has 0 bridgehead atoms. The van der Waals surface area contributed by atoms with Crippen LogP contribution < -0.4 is 30.7 Å². The molecule has 6 aliphatic heterocycles. The number of piperazine rings is 1. The first-order valence-electron chi connectivity index (χ1n) is 24.0. The fraction of sp³-hybridized carbons (Fsp3) is 0.592. The van der Waals surface area contributed by atoms with Gasteiger partial charge in [-0.3, -0.25) is 29.4 Å². The van der Waals surface area contributed by atoms with Gasteiger partial charge >= 0.3 is 0 Å². The van der Waals surface area contributed by atoms with Gasteiger partial charge in [-0.05, 0) is 112 Å². The normalized spacial score (nSPS) is 26.3. The van der Waals surface area contributed by atoms with Gasteiger partial charge in [-0.2, -0.15) is 0 Å². The average molecular weight is 908 g/mol. The molecule has 1 aromatic heterocycles. The number of rotatable bonds is 11. The number of fused-ring (bicyclic) bond motifs is 2. The van der Waals surface area contributed by atoms with Crippen LogP contribution in [-0.4, -0.2) is 138 Å². The minimum absolute atomic E-state index is 0.0124. The van der Waals surface area contributed by atoms with Crippen LogP contribution in [0.1, 0.15) is 86.7 Å². The second-order valence-electron chi connectivity index (χ2n) is 21.0. The molecule has 4 atom stereocenters. The summed E-state index contributed by atoms with van der Waals surface area (Å²) in [6.07, 6.45) is 7.85. The summed E-state index contributed by atoms with van der Waals surface area (Å²) in [5.41, 5.74) is 2.67. The van der Waals surface area contributed by atoms with E-state index in [-0.39, 0.29) is 41.8 Å². The second kappa shape index (κ2) is 17.7. The molecular formula is C49H63F2N11O4. The maximum atomic E-state index is 15.7. The Bertz CT molecular complexity index is 2370. The van der Waals surface area contributed by atoms with Gasteiger partial charge in [0.2, 0.25) is 17.7 Å². The van der Waals surface area contributed by atoms with Crippen molar-refractivity contribution in [2.45, 2.75) is 95.9 Å². The number of nitrogens with zero attached hydrogens (tertiary/aromatic N) is 8. The Morgan fingerprint density at radius 2 is 1.56 bits per heavy atom. The number of benzene rings is 2. The molecular weight excluding hydrogens is 845 g/mol. The Balaban J connectivity index is 0.687. The van der Waals surface area contributed by atoms with Crippen LogP contribution in [0.2, 0.25) is 0 Å². The van der Waals surface area contributed by atoms with Gasteiger partial charge in [-0.1, -0.05) is 13.8 Å². The first-order chi connectivity index (χ1) is 31.7. The van der Waals surface area contributed by atoms with E-state index in [2.05, 4.69) is 67.5 Å². The molecule has 66 heavy (non-hydrogen) atoms. The zero-order valence-electron chi connectivity index (χ0n) is 38.5. The molecule has 7 heterocycles. The summed E-state index contributed by atoms with van der Waals surface area (Å²) in [6, 6.07) is 10.3. The predicted octanol–water partition coefficient (Wildman–Crippen LogP) is 4.37. The molecule has 4 amide bonds. The molecule has 7 aliphatic rings. The average Bonchev–Trinajstić information content (AvgIpc) is 3.98. The van der Waals surface area contributed by atoms with Gasteiger partial charge in [0.05, 0.1) is 17.8 Å². The van der Waals surface area contributed by atoms with E-state index in [1.165, 1.54) is 12.1 Å². The highest BCUT2D eigenvalue weighted by Crippen LogP contribution is 2.42. The number of likely N-dealkylation sites (N-methyl/N-ethyl adjacent to an activating group) is 1. The van der Waals surface area contributed by atoms with Crippen molar-refractivity contribution >= 4 is 46.6 Å². The van der Waals surface area contributed by atoms with Crippen molar-refractivity contribution in [3.63, 3.8) is 0 Å². The fourth-order valence-corrected chi connectivity index (χ4v) is 11.8. The van der Waals surface area contributed by atoms with Crippen LogP contribution in [-0.2, 0) is 27.5 Å². The number of anilines is 4. The Morgan fingerprint density at radius 3 is 2.29 bits per heavy atom. The van der Waals surface area contributed by atoms with Gasteiger partial charge in [0.25, 0.3) is 5.91 Å². The lowest BCUT2D eigenvalue weighted by atomic mass is 9.82. The van der Waals surface area contributed by atoms with E-state index in [0.29, 0.717) is 81.0 Å². The zero-order chi connectivity index (χ0) is 45.9. The second-order valence-corrected chi connectivity index (χ2v) is 21.0. The van der Waals surface area contributed by atoms with Crippen LogP contribution in [0.4, 0.5) is 31.8 Å². The van der Waals surface area contributed by atoms with Crippen molar-refractivity contribution in [1.29, 1.82) is 0 Å². The van der Waals surface area contributed by atoms with Crippen molar-refractivity contribution in [3.05, 3.63) is 71.1 Å². The Morgan fingerprint density at radius 1 is 0.833 bits per heavy atom. The maximum Gasteiger partial charge on any atom is 0.255 e. The predicted molar refractivity (Wildman–Crippen MR) is 247 cm³/mol. The summed E-state index contributed by atoms with van der Waals surface area (Å²) < 4.78 is 31.3. The van der Waals surface area contributed by atoms with E-state index in [4.69, 9.17) is 4.98 Å². The lowest BCUT2D eigenvalue weighted by Crippen LogP contribution is -2.66. The van der Waals surface area contributed by atoms with Crippen LogP contribution in [0.3, 0.4) is 0 Å². The standard InChI is InChI=1S/C49H63F2N11O4/c1-48(2)8-13-58(14-9-48)24-34-21-39(51)41(22-38(34)50)61-28-45(64)56-49(29-61)10-15-59(16-11-49)42-23-43(54-30-53-42)60-25-31-19-36(20-32(31)26-60)57(3)17-12-52-35-4-5-37-33(18-35)27-62(47(37)66)40-6-7-44(63)55-46(40)65/h4-5,18,21-23,30-32,36,40,52H,6-17,19-20,24-29H2,1-3H3,(H,56,64)(H,55,63,65)/t31-,32+,36?,40?. The maximum absolute atomic E-state index is 15.7. The summed E-state index contributed by atoms with van der Waals surface area (Å²) >= 11 is 0. The van der Waals surface area contributed by atoms with Crippen LogP contribution in [0.15, 0.2) is 42.7 Å². The highest BCUT2D eigenvalue weighted by atomic mass is 19.1. The minimum atomic E-state index is -0.622. The molecule has 17 heteroatoms. The number of imide groups is 1. The number of aromatic nitrogens is 2. The summed E-state index contributed by atoms with van der Waals surface area (Å²) in [6.45, 7) is 12.2. The van der Waals surface area contributed by atoms with Crippen molar-refractivity contribution < 1.29 is 28.0 Å². The third kappa shape index (κ3) is 9.04. The third-order valence-electron chi connectivity index (χ3n) is 16.0. The Labute approximate surface area is 385 Å². The van der Waals surface area contributed by atoms with E-state index in [0.717, 1.165) is 87.8 Å². The molecule has 5 saturated heterocycles. The summed E-state index contributed by atoms with van der Waals surface area (Å²) in [4.78, 5) is 72.3. The molecule has 1 aliphatic carbocycles. The first kappa shape index (κ1) is 44.4. The number of carbonyl (C=O) groups is 4. The number of hydrogen-bond acceptors (Lipinski definition) is 12. The monoisotopic (exact) mass is 908 g/mol. The highest BCUT2D eigenvalue weighted by molar-refractivity contribution is 6.05. The van der Waals surface area contributed by atoms with Crippen LogP contribution in [0.25, 0.3) is 0 Å². The molecule has 6 fully saturated rings. The third-order valence-corrected chi connectivity index (χ3v) is 16.0. The Hall–Kier alpha value is -5.42. The number of likely N-dealkylation sites (tertiary alicyclic amines) is 1. The Kier molecular flexibility index (Phi) is 11.9. The number of amides is 4. The number of piperidine rings is 3. The van der Waals surface area contributed by atoms with Crippen molar-refractivity contribution in [2.24, 2.45) is 17.3 Å². The highest BCUT2D eigenvalue weighted by Gasteiger charge is 2.45. The van der Waals surface area contributed by atoms with E-state index < -0.39 is 29.1 Å². The van der Waals surface area contributed by atoms with Crippen LogP contribution in [0.5, 0.6) is 0 Å². The minimum Gasteiger partial charge on any atom is -0.384 e. The van der Waals surface area contributed by atoms with Gasteiger partial charge < -0.3 is 35.1 Å². The molecule has 2 unspecified atom stereocenters. The molecule has 10 rings (SSSR count). The summed E-state index contributed by atoms with van der Waals surface area (Å²) in [7, 11) is 2.20. The van der Waals surface area contributed by atoms with E-state index in [1.54, 1.807) is 16.1 Å². The smallest absolute Gasteiger partial charge is 0.255 e. The van der Waals surface area contributed by atoms with E-state index in [9.17, 15) is 19.2 Å². The number of nitrogens with one attached hydrogen (secondary N) is 3. The SMILES string of the molecule is CN(CCNc1ccc2c(c1)CN(C1CCC(=O)NC1=O)C2=O)C1C[C@@H]2CN(c3cc(N4CCC5(CC4)CN(c4cc(F)c(CN6CCC(C)(C)CC6)cc4F)CC(=O)N5)ncn3)C[C@@H]2C1. The molecule has 2 aromatic carbocycles. The topological polar surface area (TPSA) is 150 Å². The molecule has 1 spiro atoms. The van der Waals surface area contributed by atoms with Crippen molar-refractivity contribution in [2.75, 3.05) is 92.5 Å². The van der Waals surface area contributed by atoms with E-state index >= 15 is 8.78 Å². The molecule has 3 aromatic rings. The molecule has 352 valence electrons. The van der Waals surface area contributed by atoms with Crippen molar-refractivity contribution in [1.82, 2.24) is 35.3 Å². The molecule has 0 radical (unpaired) electrons. The lowest BCUT2D eigenvalue weighted by Gasteiger charge is -2.48. The van der Waals surface area contributed by atoms with Crippen LogP contribution in [0, 0.1) is 28.9 Å². The molecule has 3 N–H and O–H groups in total. The lowest BCUT2D eigenvalue weighted by molar-refractivity contribution is -0.137. The van der Waals surface area contributed by atoms with Gasteiger partial charge in [0, 0.05) is 100 Å². The van der Waals surface area contributed by atoms with Gasteiger partial charge in [-0.25, -0.2) is 18.7 Å². The first-order valence-corrected chi connectivity index (χ1v) is 24.0. The van der Waals surface area contributed by atoms with Gasteiger partial charge in [-0.15, -0.1) is 0 Å². The van der Waals surface area contributed by atoms with E-state index in [1.807, 2.05) is 18.2 Å². The largest absolute Gasteiger partial charge is 0.384 e. The van der Waals surface area contributed by atoms with Crippen molar-refractivity contribution in [3.8, 4) is 0 Å². The summed E-state index contributed by atoms with van der Waals surface area (Å²) in [5, 5.41) is 9.14. The number of halogens is 2. The van der Waals surface area contributed by atoms with Gasteiger partial charge in [0.1, 0.15) is 35.6 Å².